The van der Waals surface area contributed by atoms with Crippen molar-refractivity contribution >= 4 is 21.8 Å². The van der Waals surface area contributed by atoms with Crippen molar-refractivity contribution in [2.75, 3.05) is 6.61 Å². The maximum atomic E-state index is 11.7. The van der Waals surface area contributed by atoms with Crippen LogP contribution in [0.4, 0.5) is 0 Å². The topological polar surface area (TPSA) is 64.3 Å². The van der Waals surface area contributed by atoms with E-state index < -0.39 is 0 Å². The zero-order valence-corrected chi connectivity index (χ0v) is 13.4. The predicted molar refractivity (Wildman–Crippen MR) is 80.1 cm³/mol. The van der Waals surface area contributed by atoms with E-state index in [1.807, 2.05) is 45.9 Å². The third kappa shape index (κ3) is 5.61. The highest BCUT2D eigenvalue weighted by atomic mass is 79.9. The molecule has 4 nitrogen and oxygen atoms in total. The van der Waals surface area contributed by atoms with Gasteiger partial charge in [-0.3, -0.25) is 4.79 Å². The van der Waals surface area contributed by atoms with Crippen molar-refractivity contribution in [2.45, 2.75) is 39.3 Å². The molecular formula is C14H21BrN2O2. The van der Waals surface area contributed by atoms with Crippen LogP contribution >= 0.6 is 15.9 Å². The summed E-state index contributed by atoms with van der Waals surface area (Å²) in [5.41, 5.74) is 6.50. The van der Waals surface area contributed by atoms with Crippen LogP contribution in [0.2, 0.25) is 0 Å². The fraction of sp³-hybridized carbons (Fsp3) is 0.500. The van der Waals surface area contributed by atoms with E-state index in [9.17, 15) is 4.79 Å². The molecule has 0 heterocycles. The molecule has 1 atom stereocenters. The number of benzene rings is 1. The van der Waals surface area contributed by atoms with Crippen molar-refractivity contribution in [1.29, 1.82) is 0 Å². The summed E-state index contributed by atoms with van der Waals surface area (Å²) in [6.07, 6.45) is 0. The van der Waals surface area contributed by atoms with Gasteiger partial charge in [0.15, 0.2) is 6.61 Å². The molecule has 1 aromatic carbocycles. The molecule has 0 aliphatic heterocycles. The molecule has 0 bridgehead atoms. The Kier molecular flexibility index (Phi) is 5.38. The van der Waals surface area contributed by atoms with Gasteiger partial charge in [-0.05, 0) is 39.8 Å². The van der Waals surface area contributed by atoms with Gasteiger partial charge in [0, 0.05) is 21.6 Å². The quantitative estimate of drug-likeness (QED) is 0.893. The van der Waals surface area contributed by atoms with Gasteiger partial charge in [0.1, 0.15) is 5.75 Å². The Labute approximate surface area is 122 Å². The summed E-state index contributed by atoms with van der Waals surface area (Å²) in [7, 11) is 0. The van der Waals surface area contributed by atoms with E-state index in [-0.39, 0.29) is 24.1 Å². The standard InChI is InChI=1S/C14H21BrN2O2/c1-9(16)11-6-5-10(15)7-12(11)19-8-13(18)17-14(2,3)4/h5-7,9H,8,16H2,1-4H3,(H,17,18). The van der Waals surface area contributed by atoms with Crippen LogP contribution in [0.5, 0.6) is 5.75 Å². The Balaban J connectivity index is 2.72. The number of ether oxygens (including phenoxy) is 1. The molecule has 1 amide bonds. The fourth-order valence-corrected chi connectivity index (χ4v) is 1.95. The monoisotopic (exact) mass is 328 g/mol. The highest BCUT2D eigenvalue weighted by Crippen LogP contribution is 2.27. The molecule has 3 N–H and O–H groups in total. The summed E-state index contributed by atoms with van der Waals surface area (Å²) in [4.78, 5) is 11.7. The van der Waals surface area contributed by atoms with Crippen molar-refractivity contribution in [3.05, 3.63) is 28.2 Å². The zero-order valence-electron chi connectivity index (χ0n) is 11.8. The third-order valence-electron chi connectivity index (χ3n) is 2.34. The van der Waals surface area contributed by atoms with Crippen molar-refractivity contribution in [3.8, 4) is 5.75 Å². The van der Waals surface area contributed by atoms with E-state index >= 15 is 0 Å². The molecule has 0 aliphatic carbocycles. The second-order valence-electron chi connectivity index (χ2n) is 5.56. The molecule has 0 spiro atoms. The van der Waals surface area contributed by atoms with Crippen LogP contribution in [0, 0.1) is 0 Å². The lowest BCUT2D eigenvalue weighted by atomic mass is 10.1. The molecule has 1 aromatic rings. The predicted octanol–water partition coefficient (Wildman–Crippen LogP) is 2.76. The molecule has 0 aromatic heterocycles. The minimum Gasteiger partial charge on any atom is -0.483 e. The largest absolute Gasteiger partial charge is 0.483 e. The van der Waals surface area contributed by atoms with Crippen molar-refractivity contribution in [3.63, 3.8) is 0 Å². The average molecular weight is 329 g/mol. The number of hydrogen-bond acceptors (Lipinski definition) is 3. The van der Waals surface area contributed by atoms with Crippen molar-refractivity contribution in [2.24, 2.45) is 5.73 Å². The molecule has 0 radical (unpaired) electrons. The van der Waals surface area contributed by atoms with E-state index in [1.165, 1.54) is 0 Å². The van der Waals surface area contributed by atoms with Gasteiger partial charge >= 0.3 is 0 Å². The van der Waals surface area contributed by atoms with Gasteiger partial charge in [-0.1, -0.05) is 22.0 Å². The van der Waals surface area contributed by atoms with Gasteiger partial charge in [0.2, 0.25) is 0 Å². The van der Waals surface area contributed by atoms with Crippen molar-refractivity contribution in [1.82, 2.24) is 5.32 Å². The van der Waals surface area contributed by atoms with E-state index in [2.05, 4.69) is 21.2 Å². The van der Waals surface area contributed by atoms with Crippen LogP contribution in [-0.4, -0.2) is 18.1 Å². The zero-order chi connectivity index (χ0) is 14.6. The Morgan fingerprint density at radius 3 is 2.63 bits per heavy atom. The van der Waals surface area contributed by atoms with E-state index in [0.29, 0.717) is 5.75 Å². The Hall–Kier alpha value is -1.07. The molecule has 19 heavy (non-hydrogen) atoms. The summed E-state index contributed by atoms with van der Waals surface area (Å²) >= 11 is 3.38. The number of carbonyl (C=O) groups is 1. The highest BCUT2D eigenvalue weighted by Gasteiger charge is 2.15. The molecule has 1 rings (SSSR count). The molecule has 0 fully saturated rings. The molecule has 5 heteroatoms. The Morgan fingerprint density at radius 1 is 1.47 bits per heavy atom. The average Bonchev–Trinajstić information content (AvgIpc) is 2.23. The summed E-state index contributed by atoms with van der Waals surface area (Å²) in [6.45, 7) is 7.64. The van der Waals surface area contributed by atoms with Crippen LogP contribution in [-0.2, 0) is 4.79 Å². The van der Waals surface area contributed by atoms with Crippen LogP contribution in [0.3, 0.4) is 0 Å². The smallest absolute Gasteiger partial charge is 0.258 e. The van der Waals surface area contributed by atoms with E-state index in [4.69, 9.17) is 10.5 Å². The number of rotatable bonds is 4. The molecule has 1 unspecified atom stereocenters. The maximum Gasteiger partial charge on any atom is 0.258 e. The first kappa shape index (κ1) is 16.0. The normalized spacial score (nSPS) is 12.9. The third-order valence-corrected chi connectivity index (χ3v) is 2.83. The van der Waals surface area contributed by atoms with Crippen molar-refractivity contribution < 1.29 is 9.53 Å². The maximum absolute atomic E-state index is 11.7. The molecule has 0 aliphatic rings. The van der Waals surface area contributed by atoms with Gasteiger partial charge in [-0.2, -0.15) is 0 Å². The van der Waals surface area contributed by atoms with Crippen LogP contribution < -0.4 is 15.8 Å². The summed E-state index contributed by atoms with van der Waals surface area (Å²) in [5.74, 6) is 0.483. The minimum absolute atomic E-state index is 0.0204. The SMILES string of the molecule is CC(N)c1ccc(Br)cc1OCC(=O)NC(C)(C)C. The minimum atomic E-state index is -0.262. The lowest BCUT2D eigenvalue weighted by Gasteiger charge is -2.21. The summed E-state index contributed by atoms with van der Waals surface area (Å²) < 4.78 is 6.46. The highest BCUT2D eigenvalue weighted by molar-refractivity contribution is 9.10. The first-order valence-corrected chi connectivity index (χ1v) is 6.97. The molecule has 106 valence electrons. The second kappa shape index (κ2) is 6.39. The van der Waals surface area contributed by atoms with Crippen LogP contribution in [0.25, 0.3) is 0 Å². The van der Waals surface area contributed by atoms with Gasteiger partial charge in [0.25, 0.3) is 5.91 Å². The lowest BCUT2D eigenvalue weighted by Crippen LogP contribution is -2.43. The number of carbonyl (C=O) groups excluding carboxylic acids is 1. The fourth-order valence-electron chi connectivity index (χ4n) is 1.61. The number of halogens is 1. The van der Waals surface area contributed by atoms with Gasteiger partial charge in [-0.25, -0.2) is 0 Å². The lowest BCUT2D eigenvalue weighted by molar-refractivity contribution is -0.124. The Morgan fingerprint density at radius 2 is 2.11 bits per heavy atom. The molecular weight excluding hydrogens is 308 g/mol. The number of hydrogen-bond donors (Lipinski definition) is 2. The number of nitrogens with one attached hydrogen (secondary N) is 1. The van der Waals surface area contributed by atoms with Gasteiger partial charge < -0.3 is 15.8 Å². The van der Waals surface area contributed by atoms with Crippen LogP contribution in [0.15, 0.2) is 22.7 Å². The Bertz CT molecular complexity index is 453. The van der Waals surface area contributed by atoms with Crippen LogP contribution in [0.1, 0.15) is 39.3 Å². The van der Waals surface area contributed by atoms with E-state index in [1.54, 1.807) is 0 Å². The number of nitrogens with two attached hydrogens (primary N) is 1. The van der Waals surface area contributed by atoms with Gasteiger partial charge in [-0.15, -0.1) is 0 Å². The van der Waals surface area contributed by atoms with Gasteiger partial charge in [0.05, 0.1) is 0 Å². The number of amides is 1. The molecule has 0 saturated carbocycles. The second-order valence-corrected chi connectivity index (χ2v) is 6.47. The first-order valence-electron chi connectivity index (χ1n) is 6.18. The van der Waals surface area contributed by atoms with E-state index in [0.717, 1.165) is 10.0 Å². The first-order chi connectivity index (χ1) is 8.69. The summed E-state index contributed by atoms with van der Waals surface area (Å²) in [5, 5.41) is 2.85. The molecule has 0 saturated heterocycles. The summed E-state index contributed by atoms with van der Waals surface area (Å²) in [6, 6.07) is 5.48.